The summed E-state index contributed by atoms with van der Waals surface area (Å²) in [6.45, 7) is 10.4. The third-order valence-corrected chi connectivity index (χ3v) is 8.05. The molecule has 3 atom stereocenters. The van der Waals surface area contributed by atoms with Crippen molar-refractivity contribution in [3.05, 3.63) is 53.0 Å². The van der Waals surface area contributed by atoms with Gasteiger partial charge in [0.05, 0.1) is 17.0 Å². The number of rotatable bonds is 4. The molecule has 8 heteroatoms. The summed E-state index contributed by atoms with van der Waals surface area (Å²) in [6, 6.07) is 5.78. The zero-order valence-corrected chi connectivity index (χ0v) is 20.3. The highest BCUT2D eigenvalue weighted by Gasteiger charge is 2.50. The van der Waals surface area contributed by atoms with Gasteiger partial charge in [0.15, 0.2) is 0 Å². The van der Waals surface area contributed by atoms with Crippen LogP contribution in [0.25, 0.3) is 11.3 Å². The molecule has 1 aliphatic carbocycles. The molecule has 1 fully saturated rings. The van der Waals surface area contributed by atoms with E-state index in [0.29, 0.717) is 11.8 Å². The second-order valence-electron chi connectivity index (χ2n) is 10.3. The van der Waals surface area contributed by atoms with Crippen molar-refractivity contribution >= 4 is 5.95 Å². The number of piperidine rings is 1. The van der Waals surface area contributed by atoms with Gasteiger partial charge in [-0.05, 0) is 74.1 Å². The van der Waals surface area contributed by atoms with Crippen LogP contribution in [0.2, 0.25) is 0 Å². The average Bonchev–Trinajstić information content (AvgIpc) is 3.26. The molecule has 2 aromatic heterocycles. The van der Waals surface area contributed by atoms with Gasteiger partial charge in [-0.3, -0.25) is 5.10 Å². The van der Waals surface area contributed by atoms with Gasteiger partial charge in [0, 0.05) is 18.5 Å². The van der Waals surface area contributed by atoms with E-state index in [4.69, 9.17) is 5.10 Å². The number of fused-ring (bicyclic) bond motifs is 1. The van der Waals surface area contributed by atoms with Crippen LogP contribution in [0.4, 0.5) is 14.7 Å². The van der Waals surface area contributed by atoms with Crippen molar-refractivity contribution in [2.75, 3.05) is 18.0 Å². The number of nitrogens with zero attached hydrogens (tertiary/aromatic N) is 5. The lowest BCUT2D eigenvalue weighted by atomic mass is 9.56. The van der Waals surface area contributed by atoms with Crippen LogP contribution in [0, 0.1) is 30.4 Å². The third-order valence-electron chi connectivity index (χ3n) is 8.05. The molecule has 0 bridgehead atoms. The largest absolute Gasteiger partial charge is 0.339 e. The van der Waals surface area contributed by atoms with Crippen LogP contribution in [-0.2, 0) is 5.41 Å². The predicted octanol–water partition coefficient (Wildman–Crippen LogP) is 5.56. The van der Waals surface area contributed by atoms with Crippen LogP contribution in [0.1, 0.15) is 69.5 Å². The van der Waals surface area contributed by atoms with E-state index in [0.717, 1.165) is 61.8 Å². The molecule has 1 aromatic carbocycles. The van der Waals surface area contributed by atoms with E-state index in [2.05, 4.69) is 46.0 Å². The summed E-state index contributed by atoms with van der Waals surface area (Å²) < 4.78 is 29.0. The van der Waals surface area contributed by atoms with Crippen molar-refractivity contribution in [1.82, 2.24) is 25.4 Å². The lowest BCUT2D eigenvalue weighted by molar-refractivity contribution is 0.130. The number of aryl methyl sites for hydroxylation is 1. The first-order valence-electron chi connectivity index (χ1n) is 12.3. The summed E-state index contributed by atoms with van der Waals surface area (Å²) >= 11 is 0. The number of hydrogen-bond acceptors (Lipinski definition) is 5. The van der Waals surface area contributed by atoms with Gasteiger partial charge in [-0.2, -0.15) is 15.2 Å². The summed E-state index contributed by atoms with van der Waals surface area (Å²) in [6.07, 6.45) is 4.18. The molecule has 0 spiro atoms. The molecular weight excluding hydrogens is 434 g/mol. The predicted molar refractivity (Wildman–Crippen MR) is 128 cm³/mol. The standard InChI is InChI=1S/C26H32F2N6/c1-15(2)26(18-7-6-12-34(14-18)25-29-17(4)30-33-25)11-10-16(3)19-13-22(31-32-24(19)26)23-20(27)8-5-9-21(23)28/h5,8-9,13,15-16,18H,6-7,10-12,14H2,1-4H3,(H,29,30,33)/t16-,18-,26-/m0/s1. The lowest BCUT2D eigenvalue weighted by Gasteiger charge is -2.51. The van der Waals surface area contributed by atoms with Crippen LogP contribution in [0.3, 0.4) is 0 Å². The first-order valence-corrected chi connectivity index (χ1v) is 12.3. The second kappa shape index (κ2) is 8.71. The van der Waals surface area contributed by atoms with E-state index in [1.165, 1.54) is 18.2 Å². The number of hydrogen-bond donors (Lipinski definition) is 1. The van der Waals surface area contributed by atoms with Gasteiger partial charge in [0.25, 0.3) is 0 Å². The topological polar surface area (TPSA) is 70.6 Å². The van der Waals surface area contributed by atoms with Crippen LogP contribution in [-0.4, -0.2) is 38.5 Å². The van der Waals surface area contributed by atoms with Crippen LogP contribution in [0.15, 0.2) is 24.3 Å². The van der Waals surface area contributed by atoms with Gasteiger partial charge in [0.2, 0.25) is 5.95 Å². The number of nitrogens with one attached hydrogen (secondary N) is 1. The molecule has 1 aliphatic heterocycles. The second-order valence-corrected chi connectivity index (χ2v) is 10.3. The summed E-state index contributed by atoms with van der Waals surface area (Å²) in [5.41, 5.74) is 2.07. The van der Waals surface area contributed by atoms with E-state index in [9.17, 15) is 8.78 Å². The van der Waals surface area contributed by atoms with Crippen molar-refractivity contribution in [3.63, 3.8) is 0 Å². The molecule has 3 aromatic rings. The van der Waals surface area contributed by atoms with Gasteiger partial charge in [0.1, 0.15) is 17.5 Å². The molecule has 0 saturated carbocycles. The Morgan fingerprint density at radius 1 is 1.15 bits per heavy atom. The van der Waals surface area contributed by atoms with E-state index < -0.39 is 11.6 Å². The maximum absolute atomic E-state index is 14.5. The van der Waals surface area contributed by atoms with E-state index in [1.54, 1.807) is 0 Å². The number of benzene rings is 1. The first-order chi connectivity index (χ1) is 16.3. The molecule has 0 amide bonds. The molecule has 0 unspecified atom stereocenters. The number of aromatic amines is 1. The average molecular weight is 467 g/mol. The molecule has 3 heterocycles. The van der Waals surface area contributed by atoms with Crippen LogP contribution in [0.5, 0.6) is 0 Å². The first kappa shape index (κ1) is 22.9. The molecule has 34 heavy (non-hydrogen) atoms. The minimum atomic E-state index is -0.613. The highest BCUT2D eigenvalue weighted by Crippen LogP contribution is 2.53. The molecule has 180 valence electrons. The highest BCUT2D eigenvalue weighted by atomic mass is 19.1. The SMILES string of the molecule is Cc1nc(N2CCC[C@H]([C@@]3(C(C)C)CC[C@H](C)c4cc(-c5c(F)cccc5F)nnc43)C2)n[nH]1. The normalized spacial score (nSPS) is 25.0. The van der Waals surface area contributed by atoms with Crippen molar-refractivity contribution in [2.45, 2.75) is 64.7 Å². The minimum Gasteiger partial charge on any atom is -0.339 e. The molecule has 0 radical (unpaired) electrons. The Morgan fingerprint density at radius 2 is 1.91 bits per heavy atom. The van der Waals surface area contributed by atoms with Gasteiger partial charge in [-0.25, -0.2) is 8.78 Å². The van der Waals surface area contributed by atoms with E-state index >= 15 is 0 Å². The third kappa shape index (κ3) is 3.67. The quantitative estimate of drug-likeness (QED) is 0.545. The number of anilines is 1. The van der Waals surface area contributed by atoms with Crippen molar-refractivity contribution in [3.8, 4) is 11.3 Å². The van der Waals surface area contributed by atoms with Gasteiger partial charge in [-0.15, -0.1) is 5.10 Å². The maximum Gasteiger partial charge on any atom is 0.244 e. The van der Waals surface area contributed by atoms with Crippen molar-refractivity contribution < 1.29 is 8.78 Å². The Balaban J connectivity index is 1.58. The number of H-pyrrole nitrogens is 1. The molecular formula is C26H32F2N6. The monoisotopic (exact) mass is 466 g/mol. The van der Waals surface area contributed by atoms with Gasteiger partial charge >= 0.3 is 0 Å². The molecule has 5 rings (SSSR count). The summed E-state index contributed by atoms with van der Waals surface area (Å²) in [4.78, 5) is 6.83. The Morgan fingerprint density at radius 3 is 2.59 bits per heavy atom. The molecule has 6 nitrogen and oxygen atoms in total. The maximum atomic E-state index is 14.5. The molecule has 2 aliphatic rings. The van der Waals surface area contributed by atoms with Gasteiger partial charge < -0.3 is 4.90 Å². The van der Waals surface area contributed by atoms with E-state index in [-0.39, 0.29) is 22.6 Å². The summed E-state index contributed by atoms with van der Waals surface area (Å²) in [5.74, 6) is 1.28. The smallest absolute Gasteiger partial charge is 0.244 e. The van der Waals surface area contributed by atoms with E-state index in [1.807, 2.05) is 13.0 Å². The zero-order valence-electron chi connectivity index (χ0n) is 20.3. The number of halogens is 2. The van der Waals surface area contributed by atoms with Crippen LogP contribution < -0.4 is 4.90 Å². The highest BCUT2D eigenvalue weighted by molar-refractivity contribution is 5.62. The number of aromatic nitrogens is 5. The molecule has 1 saturated heterocycles. The Kier molecular flexibility index (Phi) is 5.86. The fourth-order valence-corrected chi connectivity index (χ4v) is 6.22. The van der Waals surface area contributed by atoms with Crippen molar-refractivity contribution in [2.24, 2.45) is 11.8 Å². The Bertz CT molecular complexity index is 1170. The Labute approximate surface area is 199 Å². The van der Waals surface area contributed by atoms with Crippen LogP contribution >= 0.6 is 0 Å². The fourth-order valence-electron chi connectivity index (χ4n) is 6.22. The molecule has 1 N–H and O–H groups in total. The lowest BCUT2D eigenvalue weighted by Crippen LogP contribution is -2.51. The minimum absolute atomic E-state index is 0.102. The summed E-state index contributed by atoms with van der Waals surface area (Å²) in [5, 5.41) is 16.5. The van der Waals surface area contributed by atoms with Gasteiger partial charge in [-0.1, -0.05) is 26.8 Å². The Hall–Kier alpha value is -2.90. The fraction of sp³-hybridized carbons (Fsp3) is 0.538. The van der Waals surface area contributed by atoms with Crippen molar-refractivity contribution in [1.29, 1.82) is 0 Å². The zero-order chi connectivity index (χ0) is 24.0. The summed E-state index contributed by atoms with van der Waals surface area (Å²) in [7, 11) is 0.